The molecule has 0 bridgehead atoms. The van der Waals surface area contributed by atoms with E-state index in [1.54, 1.807) is 34.9 Å². The number of benzene rings is 3. The molecular weight excluding hydrogens is 516 g/mol. The van der Waals surface area contributed by atoms with Gasteiger partial charge in [-0.05, 0) is 54.8 Å². The molecular formula is C27H27ClN2O4S2. The summed E-state index contributed by atoms with van der Waals surface area (Å²) >= 11 is 7.02. The second-order valence-electron chi connectivity index (χ2n) is 9.12. The Morgan fingerprint density at radius 2 is 1.81 bits per heavy atom. The van der Waals surface area contributed by atoms with E-state index < -0.39 is 21.7 Å². The number of nitrogens with zero attached hydrogens (tertiary/aromatic N) is 1. The van der Waals surface area contributed by atoms with Crippen LogP contribution in [0.15, 0.2) is 76.4 Å². The van der Waals surface area contributed by atoms with E-state index in [-0.39, 0.29) is 9.77 Å². The lowest BCUT2D eigenvalue weighted by atomic mass is 9.84. The number of ether oxygens (including phenoxy) is 1. The van der Waals surface area contributed by atoms with Crippen molar-refractivity contribution in [3.05, 3.63) is 92.5 Å². The number of rotatable bonds is 7. The highest BCUT2D eigenvalue weighted by Gasteiger charge is 2.40. The number of halogens is 1. The first-order valence-electron chi connectivity index (χ1n) is 11.9. The molecule has 2 heterocycles. The minimum absolute atomic E-state index is 0.137. The Kier molecular flexibility index (Phi) is 6.72. The maximum absolute atomic E-state index is 13.5. The molecule has 0 aliphatic carbocycles. The smallest absolute Gasteiger partial charge is 0.308 e. The molecule has 1 aliphatic rings. The first-order valence-corrected chi connectivity index (χ1v) is 14.6. The molecule has 6 nitrogen and oxygen atoms in total. The van der Waals surface area contributed by atoms with Gasteiger partial charge in [-0.1, -0.05) is 67.1 Å². The summed E-state index contributed by atoms with van der Waals surface area (Å²) in [5, 5.41) is 0.630. The largest absolute Gasteiger partial charge is 0.487 e. The molecule has 1 atom stereocenters. The lowest BCUT2D eigenvalue weighted by molar-refractivity contribution is 0.0260. The van der Waals surface area contributed by atoms with Crippen molar-refractivity contribution in [3.8, 4) is 5.75 Å². The Labute approximate surface area is 219 Å². The molecule has 9 heteroatoms. The van der Waals surface area contributed by atoms with Crippen LogP contribution in [-0.2, 0) is 16.6 Å². The zero-order valence-electron chi connectivity index (χ0n) is 20.0. The molecule has 0 radical (unpaired) electrons. The van der Waals surface area contributed by atoms with Crippen molar-refractivity contribution in [2.45, 2.75) is 56.2 Å². The van der Waals surface area contributed by atoms with Crippen LogP contribution in [0.25, 0.3) is 10.2 Å². The SMILES string of the molecule is CCC1(CC)C[C@@H](NS(=O)(=O)c2ccc3c(c2)sc(=O)n3Cc2ccc(Cl)cc2)c2ccccc2O1. The van der Waals surface area contributed by atoms with Gasteiger partial charge in [0.15, 0.2) is 0 Å². The number of sulfonamides is 1. The van der Waals surface area contributed by atoms with Crippen LogP contribution < -0.4 is 14.3 Å². The summed E-state index contributed by atoms with van der Waals surface area (Å²) in [7, 11) is -3.85. The Morgan fingerprint density at radius 3 is 2.53 bits per heavy atom. The molecule has 0 amide bonds. The highest BCUT2D eigenvalue weighted by atomic mass is 35.5. The van der Waals surface area contributed by atoms with Gasteiger partial charge in [-0.25, -0.2) is 13.1 Å². The van der Waals surface area contributed by atoms with Crippen LogP contribution in [0, 0.1) is 0 Å². The summed E-state index contributed by atoms with van der Waals surface area (Å²) < 4.78 is 38.5. The Morgan fingerprint density at radius 1 is 1.08 bits per heavy atom. The van der Waals surface area contributed by atoms with E-state index >= 15 is 0 Å². The van der Waals surface area contributed by atoms with E-state index in [4.69, 9.17) is 16.3 Å². The van der Waals surface area contributed by atoms with Crippen LogP contribution in [0.2, 0.25) is 5.02 Å². The van der Waals surface area contributed by atoms with Gasteiger partial charge in [0.2, 0.25) is 10.0 Å². The maximum Gasteiger partial charge on any atom is 0.308 e. The topological polar surface area (TPSA) is 77.4 Å². The van der Waals surface area contributed by atoms with Gasteiger partial charge in [0, 0.05) is 17.0 Å². The molecule has 1 aromatic heterocycles. The molecule has 5 rings (SSSR count). The fourth-order valence-electron chi connectivity index (χ4n) is 4.80. The highest BCUT2D eigenvalue weighted by Crippen LogP contribution is 2.43. The predicted molar refractivity (Wildman–Crippen MR) is 145 cm³/mol. The molecule has 0 fully saturated rings. The van der Waals surface area contributed by atoms with Crippen LogP contribution in [0.3, 0.4) is 0 Å². The molecule has 1 aliphatic heterocycles. The van der Waals surface area contributed by atoms with Crippen molar-refractivity contribution in [3.63, 3.8) is 0 Å². The summed E-state index contributed by atoms with van der Waals surface area (Å²) in [5.74, 6) is 0.716. The second-order valence-corrected chi connectivity index (χ2v) is 12.3. The maximum atomic E-state index is 13.5. The molecule has 1 N–H and O–H groups in total. The molecule has 0 saturated carbocycles. The van der Waals surface area contributed by atoms with Gasteiger partial charge in [-0.15, -0.1) is 0 Å². The number of hydrogen-bond acceptors (Lipinski definition) is 5. The van der Waals surface area contributed by atoms with E-state index in [0.717, 1.165) is 35.3 Å². The fraction of sp³-hybridized carbons (Fsp3) is 0.296. The van der Waals surface area contributed by atoms with Crippen molar-refractivity contribution >= 4 is 43.2 Å². The van der Waals surface area contributed by atoms with Crippen LogP contribution in [0.4, 0.5) is 0 Å². The third kappa shape index (κ3) is 4.70. The molecule has 3 aromatic carbocycles. The summed E-state index contributed by atoms with van der Waals surface area (Å²) in [6, 6.07) is 19.3. The third-order valence-electron chi connectivity index (χ3n) is 6.99. The van der Waals surface area contributed by atoms with Gasteiger partial charge in [0.05, 0.1) is 27.7 Å². The zero-order valence-corrected chi connectivity index (χ0v) is 22.4. The Bertz CT molecular complexity index is 1570. The van der Waals surface area contributed by atoms with Crippen LogP contribution in [0.1, 0.15) is 50.3 Å². The van der Waals surface area contributed by atoms with Crippen molar-refractivity contribution in [1.29, 1.82) is 0 Å². The Balaban J connectivity index is 1.46. The summed E-state index contributed by atoms with van der Waals surface area (Å²) in [4.78, 5) is 12.7. The molecule has 36 heavy (non-hydrogen) atoms. The van der Waals surface area contributed by atoms with Gasteiger partial charge in [-0.3, -0.25) is 9.36 Å². The van der Waals surface area contributed by atoms with Crippen LogP contribution in [-0.4, -0.2) is 18.6 Å². The van der Waals surface area contributed by atoms with E-state index in [0.29, 0.717) is 34.0 Å². The zero-order chi connectivity index (χ0) is 25.5. The number of thiazole rings is 1. The van der Waals surface area contributed by atoms with Crippen LogP contribution >= 0.6 is 22.9 Å². The third-order valence-corrected chi connectivity index (χ3v) is 9.65. The molecule has 0 saturated heterocycles. The molecule has 4 aromatic rings. The fourth-order valence-corrected chi connectivity index (χ4v) is 7.17. The van der Waals surface area contributed by atoms with E-state index in [1.807, 2.05) is 36.4 Å². The number of hydrogen-bond donors (Lipinski definition) is 1. The van der Waals surface area contributed by atoms with E-state index in [2.05, 4.69) is 18.6 Å². The van der Waals surface area contributed by atoms with Crippen molar-refractivity contribution in [2.75, 3.05) is 0 Å². The summed E-state index contributed by atoms with van der Waals surface area (Å²) in [6.07, 6.45) is 2.09. The number of fused-ring (bicyclic) bond motifs is 2. The normalized spacial score (nSPS) is 17.0. The Hall–Kier alpha value is -2.65. The average molecular weight is 543 g/mol. The van der Waals surface area contributed by atoms with Gasteiger partial charge in [0.1, 0.15) is 11.4 Å². The van der Waals surface area contributed by atoms with Gasteiger partial charge < -0.3 is 4.74 Å². The number of aromatic nitrogens is 1. The second kappa shape index (κ2) is 9.67. The molecule has 0 spiro atoms. The molecule has 0 unspecified atom stereocenters. The predicted octanol–water partition coefficient (Wildman–Crippen LogP) is 6.13. The van der Waals surface area contributed by atoms with E-state index in [1.165, 1.54) is 0 Å². The lowest BCUT2D eigenvalue weighted by Crippen LogP contribution is -2.44. The van der Waals surface area contributed by atoms with E-state index in [9.17, 15) is 13.2 Å². The minimum atomic E-state index is -3.85. The molecule has 188 valence electrons. The lowest BCUT2D eigenvalue weighted by Gasteiger charge is -2.41. The summed E-state index contributed by atoms with van der Waals surface area (Å²) in [5.41, 5.74) is 2.04. The van der Waals surface area contributed by atoms with Crippen LogP contribution in [0.5, 0.6) is 5.75 Å². The van der Waals surface area contributed by atoms with Crippen molar-refractivity contribution in [1.82, 2.24) is 9.29 Å². The number of nitrogens with one attached hydrogen (secondary N) is 1. The average Bonchev–Trinajstić information content (AvgIpc) is 3.19. The van der Waals surface area contributed by atoms with Gasteiger partial charge in [-0.2, -0.15) is 0 Å². The first kappa shape index (κ1) is 25.0. The standard InChI is InChI=1S/C27H27ClN2O4S2/c1-3-27(4-2)16-22(21-7-5-6-8-24(21)34-27)29-36(32,33)20-13-14-23-25(15-20)35-26(31)30(23)17-18-9-11-19(28)12-10-18/h5-15,22,29H,3-4,16-17H2,1-2H3/t22-/m1/s1. The summed E-state index contributed by atoms with van der Waals surface area (Å²) in [6.45, 7) is 4.51. The first-order chi connectivity index (χ1) is 17.2. The van der Waals surface area contributed by atoms with Gasteiger partial charge in [0.25, 0.3) is 0 Å². The quantitative estimate of drug-likeness (QED) is 0.305. The van der Waals surface area contributed by atoms with Gasteiger partial charge >= 0.3 is 4.87 Å². The highest BCUT2D eigenvalue weighted by molar-refractivity contribution is 7.89. The number of para-hydroxylation sites is 1. The van der Waals surface area contributed by atoms with Crippen molar-refractivity contribution in [2.24, 2.45) is 0 Å². The minimum Gasteiger partial charge on any atom is -0.487 e. The monoisotopic (exact) mass is 542 g/mol. The van der Waals surface area contributed by atoms with Crippen molar-refractivity contribution < 1.29 is 13.2 Å².